The highest BCUT2D eigenvalue weighted by Crippen LogP contribution is 2.62. The van der Waals surface area contributed by atoms with Crippen LogP contribution < -0.4 is 0 Å². The van der Waals surface area contributed by atoms with Gasteiger partial charge >= 0.3 is 0 Å². The first-order chi connectivity index (χ1) is 28.6. The molecule has 0 amide bonds. The largest absolute Gasteiger partial charge is 0.373 e. The molecule has 0 aromatic rings. The third kappa shape index (κ3) is 6.67. The number of hydrogen-bond donors (Lipinski definition) is 0. The Hall–Kier alpha value is -0.430. The number of Topliss-reactive ketones (excluding diaryl/α,β-unsaturated/α-hetero) is 2. The molecule has 0 aromatic carbocycles. The van der Waals surface area contributed by atoms with E-state index < -0.39 is 0 Å². The Labute approximate surface area is 356 Å². The van der Waals surface area contributed by atoms with Gasteiger partial charge in [0.25, 0.3) is 0 Å². The zero-order valence-corrected chi connectivity index (χ0v) is 37.1. The molecule has 0 bridgehead atoms. The average Bonchev–Trinajstić information content (AvgIpc) is 3.80. The van der Waals surface area contributed by atoms with E-state index in [9.17, 15) is 9.59 Å². The molecule has 0 radical (unpaired) electrons. The predicted octanol–water partition coefficient (Wildman–Crippen LogP) is 11.2. The molecule has 4 aliphatic heterocycles. The molecule has 0 spiro atoms. The molecular formula is C52H80N2O3S. The molecule has 58 heavy (non-hydrogen) atoms. The van der Waals surface area contributed by atoms with Gasteiger partial charge in [-0.1, -0.05) is 70.6 Å². The highest BCUT2D eigenvalue weighted by Gasteiger charge is 2.60. The number of fused-ring (bicyclic) bond motifs is 9. The first-order valence-corrected chi connectivity index (χ1v) is 27.5. The minimum atomic E-state index is 0.0773. The van der Waals surface area contributed by atoms with Crippen LogP contribution >= 0.6 is 11.8 Å². The van der Waals surface area contributed by atoms with Gasteiger partial charge in [-0.2, -0.15) is 11.8 Å². The van der Waals surface area contributed by atoms with Crippen molar-refractivity contribution in [3.05, 3.63) is 0 Å². The number of ether oxygens (including phenoxy) is 1. The summed E-state index contributed by atoms with van der Waals surface area (Å²) in [6, 6.07) is 3.82. The maximum absolute atomic E-state index is 14.7. The second-order valence-corrected chi connectivity index (χ2v) is 24.9. The number of piperidine rings is 1. The molecule has 4 saturated heterocycles. The first kappa shape index (κ1) is 39.2. The fourth-order valence-corrected chi connectivity index (χ4v) is 20.9. The summed E-state index contributed by atoms with van der Waals surface area (Å²) in [5, 5.41) is 1.96. The van der Waals surface area contributed by atoms with Crippen molar-refractivity contribution in [2.45, 2.75) is 252 Å². The SMILES string of the molecule is O=C1CC(C2CCCCC2)OC2C1CC(N1C3CCCCC3C(=O)C3CCCCC31)CC2C1CCC(N2C3CCCCC3C3CC4SC5CCCCC5C4CC32)CC1. The van der Waals surface area contributed by atoms with Gasteiger partial charge in [-0.05, 0) is 157 Å². The average molecular weight is 813 g/mol. The van der Waals surface area contributed by atoms with Gasteiger partial charge in [-0.25, -0.2) is 0 Å². The number of carbonyl (C=O) groups is 2. The smallest absolute Gasteiger partial charge is 0.142 e. The molecule has 8 saturated carbocycles. The van der Waals surface area contributed by atoms with E-state index in [4.69, 9.17) is 4.74 Å². The number of carbonyl (C=O) groups excluding carboxylic acids is 2. The summed E-state index contributed by atoms with van der Waals surface area (Å²) in [4.78, 5) is 35.1. The van der Waals surface area contributed by atoms with Gasteiger partial charge in [0.15, 0.2) is 0 Å². The molecule has 0 aromatic heterocycles. The lowest BCUT2D eigenvalue weighted by Gasteiger charge is -2.59. The predicted molar refractivity (Wildman–Crippen MR) is 234 cm³/mol. The van der Waals surface area contributed by atoms with Crippen LogP contribution in [-0.2, 0) is 14.3 Å². The summed E-state index contributed by atoms with van der Waals surface area (Å²) < 4.78 is 7.48. The van der Waals surface area contributed by atoms with Gasteiger partial charge in [0.1, 0.15) is 11.6 Å². The number of ketones is 2. The van der Waals surface area contributed by atoms with Gasteiger partial charge in [-0.3, -0.25) is 19.4 Å². The monoisotopic (exact) mass is 813 g/mol. The van der Waals surface area contributed by atoms with Crippen molar-refractivity contribution in [2.24, 2.45) is 59.2 Å². The molecule has 0 N–H and O–H groups in total. The quantitative estimate of drug-likeness (QED) is 0.282. The lowest BCUT2D eigenvalue weighted by Crippen LogP contribution is -2.66. The van der Waals surface area contributed by atoms with E-state index in [1.54, 1.807) is 6.42 Å². The van der Waals surface area contributed by atoms with Crippen LogP contribution in [0, 0.1) is 59.2 Å². The Bertz CT molecular complexity index is 1480. The van der Waals surface area contributed by atoms with Crippen LogP contribution in [0.1, 0.15) is 193 Å². The Kier molecular flexibility index (Phi) is 11.0. The van der Waals surface area contributed by atoms with Crippen molar-refractivity contribution in [1.29, 1.82) is 0 Å². The van der Waals surface area contributed by atoms with E-state index in [0.29, 0.717) is 53.9 Å². The van der Waals surface area contributed by atoms with Gasteiger partial charge in [0, 0.05) is 70.9 Å². The molecular weight excluding hydrogens is 733 g/mol. The van der Waals surface area contributed by atoms with Crippen LogP contribution in [0.15, 0.2) is 0 Å². The molecule has 5 nitrogen and oxygen atoms in total. The molecule has 12 fully saturated rings. The highest BCUT2D eigenvalue weighted by atomic mass is 32.2. The molecule has 17 atom stereocenters. The molecule has 8 aliphatic carbocycles. The number of hydrogen-bond acceptors (Lipinski definition) is 6. The minimum Gasteiger partial charge on any atom is -0.373 e. The van der Waals surface area contributed by atoms with E-state index >= 15 is 0 Å². The van der Waals surface area contributed by atoms with Crippen molar-refractivity contribution in [3.63, 3.8) is 0 Å². The van der Waals surface area contributed by atoms with Crippen molar-refractivity contribution in [3.8, 4) is 0 Å². The summed E-state index contributed by atoms with van der Waals surface area (Å²) in [5.41, 5.74) is 0. The second kappa shape index (κ2) is 16.3. The van der Waals surface area contributed by atoms with Crippen LogP contribution in [-0.4, -0.2) is 80.3 Å². The van der Waals surface area contributed by atoms with E-state index in [0.717, 1.165) is 71.6 Å². The van der Waals surface area contributed by atoms with Crippen LogP contribution in [0.4, 0.5) is 0 Å². The van der Waals surface area contributed by atoms with Gasteiger partial charge in [0.05, 0.1) is 12.2 Å². The third-order valence-electron chi connectivity index (χ3n) is 21.1. The normalized spacial score (nSPS) is 52.7. The number of rotatable bonds is 4. The van der Waals surface area contributed by atoms with Crippen molar-refractivity contribution >= 4 is 23.3 Å². The Morgan fingerprint density at radius 2 is 1.07 bits per heavy atom. The van der Waals surface area contributed by atoms with Gasteiger partial charge in [-0.15, -0.1) is 0 Å². The zero-order chi connectivity index (χ0) is 38.5. The number of likely N-dealkylation sites (tertiary alicyclic amines) is 2. The molecule has 4 heterocycles. The minimum absolute atomic E-state index is 0.0773. The topological polar surface area (TPSA) is 49.9 Å². The summed E-state index contributed by atoms with van der Waals surface area (Å²) in [6.45, 7) is 0. The Morgan fingerprint density at radius 1 is 0.431 bits per heavy atom. The third-order valence-corrected chi connectivity index (χ3v) is 22.9. The lowest BCUT2D eigenvalue weighted by molar-refractivity contribution is -0.187. The van der Waals surface area contributed by atoms with Crippen LogP contribution in [0.25, 0.3) is 0 Å². The first-order valence-electron chi connectivity index (χ1n) is 26.5. The summed E-state index contributed by atoms with van der Waals surface area (Å²) >= 11 is 2.49. The fourth-order valence-electron chi connectivity index (χ4n) is 18.8. The second-order valence-electron chi connectivity index (χ2n) is 23.4. The van der Waals surface area contributed by atoms with Gasteiger partial charge < -0.3 is 4.74 Å². The number of nitrogens with zero attached hydrogens (tertiary/aromatic N) is 2. The maximum atomic E-state index is 14.7. The van der Waals surface area contributed by atoms with E-state index in [1.807, 2.05) is 0 Å². The lowest BCUT2D eigenvalue weighted by atomic mass is 9.61. The molecule has 17 unspecified atom stereocenters. The fraction of sp³-hybridized carbons (Fsp3) is 0.962. The zero-order valence-electron chi connectivity index (χ0n) is 36.3. The highest BCUT2D eigenvalue weighted by molar-refractivity contribution is 8.00. The number of thioether (sulfide) groups is 1. The van der Waals surface area contributed by atoms with Gasteiger partial charge in [0.2, 0.25) is 0 Å². The maximum Gasteiger partial charge on any atom is 0.142 e. The molecule has 322 valence electrons. The van der Waals surface area contributed by atoms with E-state index in [-0.39, 0.29) is 30.0 Å². The van der Waals surface area contributed by atoms with Crippen molar-refractivity contribution in [1.82, 2.24) is 9.80 Å². The van der Waals surface area contributed by atoms with Crippen LogP contribution in [0.3, 0.4) is 0 Å². The van der Waals surface area contributed by atoms with Crippen LogP contribution in [0.2, 0.25) is 0 Å². The molecule has 12 aliphatic rings. The Morgan fingerprint density at radius 3 is 1.83 bits per heavy atom. The van der Waals surface area contributed by atoms with Crippen molar-refractivity contribution in [2.75, 3.05) is 0 Å². The molecule has 12 rings (SSSR count). The Balaban J connectivity index is 0.814. The molecule has 6 heteroatoms. The van der Waals surface area contributed by atoms with E-state index in [1.165, 1.54) is 161 Å². The summed E-state index contributed by atoms with van der Waals surface area (Å²) in [7, 11) is 0. The summed E-state index contributed by atoms with van der Waals surface area (Å²) in [6.07, 6.45) is 39.9. The standard InChI is InChI=1S/C52H80N2O3S/c55-47-30-48(32-12-2-1-3-13-32)57-52-39(26-34(27-42(47)52)54-44-19-9-5-16-37(44)51(56)38-17-6-10-20-45(38)54)31-22-24-33(25-23-31)53-43-18-8-4-14-35(43)40-29-50-41(28-46(40)53)36-15-7-11-21-49(36)58-50/h31-46,48-50,52H,1-30H2. The van der Waals surface area contributed by atoms with Crippen LogP contribution in [0.5, 0.6) is 0 Å². The van der Waals surface area contributed by atoms with Crippen molar-refractivity contribution < 1.29 is 14.3 Å². The summed E-state index contributed by atoms with van der Waals surface area (Å²) in [5.74, 6) is 7.55. The van der Waals surface area contributed by atoms with E-state index in [2.05, 4.69) is 21.6 Å².